The molecule has 0 saturated heterocycles. The van der Waals surface area contributed by atoms with Gasteiger partial charge in [-0.25, -0.2) is 0 Å². The SMILES string of the molecule is COc1ccccc1C(=O)Nc1ccc([N+](=O)[O-])cc1. The van der Waals surface area contributed by atoms with Crippen LogP contribution >= 0.6 is 0 Å². The fourth-order valence-corrected chi connectivity index (χ4v) is 1.70. The van der Waals surface area contributed by atoms with Crippen LogP contribution in [0.5, 0.6) is 5.75 Å². The average molecular weight is 272 g/mol. The Morgan fingerprint density at radius 2 is 1.80 bits per heavy atom. The molecule has 2 aromatic rings. The number of carbonyl (C=O) groups is 1. The number of para-hydroxylation sites is 1. The lowest BCUT2D eigenvalue weighted by Crippen LogP contribution is -2.13. The number of hydrogen-bond donors (Lipinski definition) is 1. The number of amides is 1. The summed E-state index contributed by atoms with van der Waals surface area (Å²) in [5, 5.41) is 13.2. The van der Waals surface area contributed by atoms with Gasteiger partial charge in [0.05, 0.1) is 17.6 Å². The van der Waals surface area contributed by atoms with Crippen molar-refractivity contribution >= 4 is 17.3 Å². The first-order valence-electron chi connectivity index (χ1n) is 5.80. The summed E-state index contributed by atoms with van der Waals surface area (Å²) in [6.45, 7) is 0. The molecule has 0 spiro atoms. The normalized spacial score (nSPS) is 9.85. The largest absolute Gasteiger partial charge is 0.496 e. The lowest BCUT2D eigenvalue weighted by molar-refractivity contribution is -0.384. The molecule has 1 N–H and O–H groups in total. The number of nitrogens with one attached hydrogen (secondary N) is 1. The highest BCUT2D eigenvalue weighted by molar-refractivity contribution is 6.06. The summed E-state index contributed by atoms with van der Waals surface area (Å²) in [5.41, 5.74) is 0.847. The minimum absolute atomic E-state index is 0.0275. The lowest BCUT2D eigenvalue weighted by Gasteiger charge is -2.08. The van der Waals surface area contributed by atoms with Crippen molar-refractivity contribution in [3.8, 4) is 5.75 Å². The summed E-state index contributed by atoms with van der Waals surface area (Å²) in [7, 11) is 1.48. The van der Waals surface area contributed by atoms with Gasteiger partial charge in [0.1, 0.15) is 5.75 Å². The van der Waals surface area contributed by atoms with Crippen LogP contribution < -0.4 is 10.1 Å². The molecule has 6 heteroatoms. The van der Waals surface area contributed by atoms with Gasteiger partial charge >= 0.3 is 0 Å². The molecule has 0 heterocycles. The number of nitro benzene ring substituents is 1. The molecule has 2 rings (SSSR count). The molecule has 0 bridgehead atoms. The third kappa shape index (κ3) is 2.92. The van der Waals surface area contributed by atoms with E-state index in [1.165, 1.54) is 31.4 Å². The quantitative estimate of drug-likeness (QED) is 0.685. The van der Waals surface area contributed by atoms with Crippen LogP contribution in [-0.4, -0.2) is 17.9 Å². The molecule has 102 valence electrons. The molecule has 0 atom stereocenters. The Morgan fingerprint density at radius 1 is 1.15 bits per heavy atom. The van der Waals surface area contributed by atoms with Crippen LogP contribution in [0.3, 0.4) is 0 Å². The van der Waals surface area contributed by atoms with E-state index < -0.39 is 4.92 Å². The van der Waals surface area contributed by atoms with E-state index in [4.69, 9.17) is 4.74 Å². The van der Waals surface area contributed by atoms with E-state index in [1.54, 1.807) is 24.3 Å². The van der Waals surface area contributed by atoms with Gasteiger partial charge in [-0.15, -0.1) is 0 Å². The van der Waals surface area contributed by atoms with E-state index >= 15 is 0 Å². The predicted molar refractivity (Wildman–Crippen MR) is 74.0 cm³/mol. The fraction of sp³-hybridized carbons (Fsp3) is 0.0714. The Hall–Kier alpha value is -2.89. The van der Waals surface area contributed by atoms with E-state index in [-0.39, 0.29) is 11.6 Å². The van der Waals surface area contributed by atoms with Gasteiger partial charge in [-0.2, -0.15) is 0 Å². The predicted octanol–water partition coefficient (Wildman–Crippen LogP) is 2.86. The molecule has 0 aliphatic carbocycles. The molecule has 0 unspecified atom stereocenters. The van der Waals surface area contributed by atoms with Gasteiger partial charge in [0.15, 0.2) is 0 Å². The number of ether oxygens (including phenoxy) is 1. The number of carbonyl (C=O) groups excluding carboxylic acids is 1. The van der Waals surface area contributed by atoms with Gasteiger partial charge in [0.2, 0.25) is 0 Å². The Bertz CT molecular complexity index is 638. The van der Waals surface area contributed by atoms with E-state index in [1.807, 2.05) is 0 Å². The van der Waals surface area contributed by atoms with Crippen molar-refractivity contribution in [2.45, 2.75) is 0 Å². The highest BCUT2D eigenvalue weighted by Gasteiger charge is 2.12. The Labute approximate surface area is 115 Å². The topological polar surface area (TPSA) is 81.5 Å². The molecule has 0 aliphatic rings. The summed E-state index contributed by atoms with van der Waals surface area (Å²) in [6, 6.07) is 12.4. The lowest BCUT2D eigenvalue weighted by atomic mass is 10.2. The third-order valence-corrected chi connectivity index (χ3v) is 2.69. The highest BCUT2D eigenvalue weighted by atomic mass is 16.6. The van der Waals surface area contributed by atoms with Crippen LogP contribution in [0.2, 0.25) is 0 Å². The molecule has 1 amide bonds. The maximum absolute atomic E-state index is 12.1. The number of rotatable bonds is 4. The van der Waals surface area contributed by atoms with Gasteiger partial charge in [-0.05, 0) is 24.3 Å². The van der Waals surface area contributed by atoms with Gasteiger partial charge in [0, 0.05) is 17.8 Å². The first-order chi connectivity index (χ1) is 9.61. The van der Waals surface area contributed by atoms with Crippen LogP contribution in [0.4, 0.5) is 11.4 Å². The summed E-state index contributed by atoms with van der Waals surface area (Å²) in [5.74, 6) is 0.128. The number of nitro groups is 1. The van der Waals surface area contributed by atoms with Gasteiger partial charge in [-0.3, -0.25) is 14.9 Å². The zero-order valence-corrected chi connectivity index (χ0v) is 10.7. The van der Waals surface area contributed by atoms with Crippen LogP contribution in [-0.2, 0) is 0 Å². The second-order valence-electron chi connectivity index (χ2n) is 3.96. The van der Waals surface area contributed by atoms with Crippen LogP contribution in [0.25, 0.3) is 0 Å². The highest BCUT2D eigenvalue weighted by Crippen LogP contribution is 2.20. The maximum Gasteiger partial charge on any atom is 0.269 e. The summed E-state index contributed by atoms with van der Waals surface area (Å²) < 4.78 is 5.10. The average Bonchev–Trinajstić information content (AvgIpc) is 2.47. The number of anilines is 1. The molecule has 0 saturated carbocycles. The van der Waals surface area contributed by atoms with Crippen molar-refractivity contribution in [3.63, 3.8) is 0 Å². The van der Waals surface area contributed by atoms with Crippen molar-refractivity contribution in [1.29, 1.82) is 0 Å². The molecule has 20 heavy (non-hydrogen) atoms. The van der Waals surface area contributed by atoms with Crippen LogP contribution in [0, 0.1) is 10.1 Å². The Morgan fingerprint density at radius 3 is 2.40 bits per heavy atom. The molecule has 0 aromatic heterocycles. The van der Waals surface area contributed by atoms with Crippen LogP contribution in [0.1, 0.15) is 10.4 Å². The molecular weight excluding hydrogens is 260 g/mol. The van der Waals surface area contributed by atoms with Crippen molar-refractivity contribution in [2.24, 2.45) is 0 Å². The van der Waals surface area contributed by atoms with Gasteiger partial charge in [-0.1, -0.05) is 12.1 Å². The van der Waals surface area contributed by atoms with E-state index in [0.717, 1.165) is 0 Å². The van der Waals surface area contributed by atoms with Crippen molar-refractivity contribution in [1.82, 2.24) is 0 Å². The number of methoxy groups -OCH3 is 1. The first-order valence-corrected chi connectivity index (χ1v) is 5.80. The molecule has 2 aromatic carbocycles. The smallest absolute Gasteiger partial charge is 0.269 e. The first kappa shape index (κ1) is 13.5. The molecule has 0 radical (unpaired) electrons. The summed E-state index contributed by atoms with van der Waals surface area (Å²) in [4.78, 5) is 22.1. The zero-order valence-electron chi connectivity index (χ0n) is 10.7. The zero-order chi connectivity index (χ0) is 14.5. The number of non-ortho nitro benzene ring substituents is 1. The number of benzene rings is 2. The fourth-order valence-electron chi connectivity index (χ4n) is 1.70. The summed E-state index contributed by atoms with van der Waals surface area (Å²) >= 11 is 0. The third-order valence-electron chi connectivity index (χ3n) is 2.69. The monoisotopic (exact) mass is 272 g/mol. The maximum atomic E-state index is 12.1. The van der Waals surface area contributed by atoms with Gasteiger partial charge in [0.25, 0.3) is 11.6 Å². The van der Waals surface area contributed by atoms with Crippen molar-refractivity contribution < 1.29 is 14.5 Å². The van der Waals surface area contributed by atoms with Gasteiger partial charge < -0.3 is 10.1 Å². The minimum atomic E-state index is -0.494. The molecule has 6 nitrogen and oxygen atoms in total. The second kappa shape index (κ2) is 5.83. The molecular formula is C14H12N2O4. The molecule has 0 fully saturated rings. The number of nitrogens with zero attached hydrogens (tertiary/aromatic N) is 1. The van der Waals surface area contributed by atoms with Crippen molar-refractivity contribution in [2.75, 3.05) is 12.4 Å². The van der Waals surface area contributed by atoms with Crippen LogP contribution in [0.15, 0.2) is 48.5 Å². The Balaban J connectivity index is 2.17. The van der Waals surface area contributed by atoms with E-state index in [0.29, 0.717) is 17.0 Å². The molecule has 0 aliphatic heterocycles. The van der Waals surface area contributed by atoms with E-state index in [2.05, 4.69) is 5.32 Å². The minimum Gasteiger partial charge on any atom is -0.496 e. The second-order valence-corrected chi connectivity index (χ2v) is 3.96. The Kier molecular flexibility index (Phi) is 3.95. The van der Waals surface area contributed by atoms with E-state index in [9.17, 15) is 14.9 Å². The standard InChI is InChI=1S/C14H12N2O4/c1-20-13-5-3-2-4-12(13)14(17)15-10-6-8-11(9-7-10)16(18)19/h2-9H,1H3,(H,15,17). The number of hydrogen-bond acceptors (Lipinski definition) is 4. The summed E-state index contributed by atoms with van der Waals surface area (Å²) in [6.07, 6.45) is 0. The van der Waals surface area contributed by atoms with Crippen molar-refractivity contribution in [3.05, 3.63) is 64.2 Å².